The van der Waals surface area contributed by atoms with Gasteiger partial charge in [0.1, 0.15) is 0 Å². The van der Waals surface area contributed by atoms with Crippen LogP contribution in [0.5, 0.6) is 0 Å². The second-order valence-electron chi connectivity index (χ2n) is 2.71. The Bertz CT molecular complexity index is 406. The van der Waals surface area contributed by atoms with E-state index >= 15 is 0 Å². The lowest BCUT2D eigenvalue weighted by Gasteiger charge is -1.99. The number of hydrogen-bond donors (Lipinski definition) is 0. The van der Waals surface area contributed by atoms with E-state index in [1.807, 2.05) is 6.20 Å². The number of aromatic nitrogens is 2. The molecular weight excluding hydrogens is 216 g/mol. The van der Waals surface area contributed by atoms with Crippen LogP contribution in [0.2, 0.25) is 0 Å². The lowest BCUT2D eigenvalue weighted by atomic mass is 10.1. The predicted molar refractivity (Wildman–Crippen MR) is 53.4 cm³/mol. The van der Waals surface area contributed by atoms with Crippen molar-refractivity contribution in [1.82, 2.24) is 8.81 Å². The van der Waals surface area contributed by atoms with Crippen molar-refractivity contribution in [1.29, 1.82) is 0 Å². The summed E-state index contributed by atoms with van der Waals surface area (Å²) in [5, 5.41) is 5.32. The van der Waals surface area contributed by atoms with E-state index in [2.05, 4.69) is 46.4 Å². The first-order valence-electron chi connectivity index (χ1n) is 3.94. The normalized spacial score (nSPS) is 10.8. The zero-order valence-electron chi connectivity index (χ0n) is 6.79. The largest absolute Gasteiger partial charge is 0.197 e. The first-order chi connectivity index (χ1) is 5.83. The van der Waals surface area contributed by atoms with Crippen LogP contribution < -0.4 is 0 Å². The molecule has 2 rings (SSSR count). The minimum Gasteiger partial charge on any atom is -0.197 e. The third-order valence-electron chi connectivity index (χ3n) is 2.01. The number of para-hydroxylation sites is 1. The van der Waals surface area contributed by atoms with Crippen molar-refractivity contribution in [2.24, 2.45) is 0 Å². The van der Waals surface area contributed by atoms with Crippen LogP contribution in [0, 0.1) is 0 Å². The number of rotatable bonds is 1. The molecule has 3 heteroatoms. The van der Waals surface area contributed by atoms with Crippen LogP contribution in [0.25, 0.3) is 10.9 Å². The number of benzene rings is 1. The molecule has 0 unspecified atom stereocenters. The van der Waals surface area contributed by atoms with Crippen LogP contribution in [0.3, 0.4) is 0 Å². The van der Waals surface area contributed by atoms with Crippen molar-refractivity contribution in [3.63, 3.8) is 0 Å². The third-order valence-corrected chi connectivity index (χ3v) is 2.55. The molecule has 0 bridgehead atoms. The van der Waals surface area contributed by atoms with Crippen molar-refractivity contribution in [3.8, 4) is 0 Å². The van der Waals surface area contributed by atoms with Gasteiger partial charge in [0, 0.05) is 5.39 Å². The number of halogens is 1. The molecule has 0 fully saturated rings. The van der Waals surface area contributed by atoms with Crippen LogP contribution >= 0.6 is 16.1 Å². The van der Waals surface area contributed by atoms with Gasteiger partial charge < -0.3 is 0 Å². The molecule has 0 saturated carbocycles. The molecule has 0 aliphatic carbocycles. The molecule has 1 aromatic heterocycles. The molecule has 12 heavy (non-hydrogen) atoms. The maximum Gasteiger partial charge on any atom is 0.0844 e. The van der Waals surface area contributed by atoms with Gasteiger partial charge in [0.2, 0.25) is 0 Å². The maximum atomic E-state index is 4.14. The summed E-state index contributed by atoms with van der Waals surface area (Å²) < 4.78 is 1.75. The fraction of sp³-hybridized carbons (Fsp3) is 0.222. The highest BCUT2D eigenvalue weighted by atomic mass is 79.9. The molecule has 0 aliphatic rings. The molecule has 2 nitrogen and oxygen atoms in total. The average molecular weight is 225 g/mol. The number of fused-ring (bicyclic) bond motifs is 1. The van der Waals surface area contributed by atoms with E-state index in [4.69, 9.17) is 0 Å². The fourth-order valence-electron chi connectivity index (χ4n) is 1.40. The van der Waals surface area contributed by atoms with Gasteiger partial charge in [-0.1, -0.05) is 25.1 Å². The lowest BCUT2D eigenvalue weighted by molar-refractivity contribution is 1.04. The molecule has 0 radical (unpaired) electrons. The van der Waals surface area contributed by atoms with Gasteiger partial charge in [0.15, 0.2) is 0 Å². The van der Waals surface area contributed by atoms with Gasteiger partial charge in [-0.05, 0) is 12.0 Å². The Labute approximate surface area is 79.5 Å². The van der Waals surface area contributed by atoms with Gasteiger partial charge in [0.05, 0.1) is 27.9 Å². The number of aryl methyl sites for hydroxylation is 1. The Balaban J connectivity index is 2.84. The van der Waals surface area contributed by atoms with E-state index in [1.54, 1.807) is 3.71 Å². The van der Waals surface area contributed by atoms with Crippen molar-refractivity contribution in [3.05, 3.63) is 30.0 Å². The molecule has 0 spiro atoms. The monoisotopic (exact) mass is 224 g/mol. The summed E-state index contributed by atoms with van der Waals surface area (Å²) in [6.45, 7) is 2.15. The Kier molecular flexibility index (Phi) is 1.89. The summed E-state index contributed by atoms with van der Waals surface area (Å²) in [4.78, 5) is 0. The topological polar surface area (TPSA) is 17.8 Å². The molecule has 0 saturated heterocycles. The van der Waals surface area contributed by atoms with E-state index in [0.717, 1.165) is 6.42 Å². The van der Waals surface area contributed by atoms with Crippen molar-refractivity contribution >= 4 is 27.1 Å². The van der Waals surface area contributed by atoms with Gasteiger partial charge in [0.25, 0.3) is 0 Å². The van der Waals surface area contributed by atoms with Crippen molar-refractivity contribution in [2.75, 3.05) is 0 Å². The summed E-state index contributed by atoms with van der Waals surface area (Å²) >= 11 is 3.36. The summed E-state index contributed by atoms with van der Waals surface area (Å²) in [6.07, 6.45) is 2.90. The first kappa shape index (κ1) is 7.80. The quantitative estimate of drug-likeness (QED) is 0.729. The van der Waals surface area contributed by atoms with E-state index in [9.17, 15) is 0 Å². The van der Waals surface area contributed by atoms with E-state index in [1.165, 1.54) is 16.5 Å². The Hall–Kier alpha value is -0.830. The smallest absolute Gasteiger partial charge is 0.0844 e. The van der Waals surface area contributed by atoms with E-state index < -0.39 is 0 Å². The Morgan fingerprint density at radius 2 is 2.33 bits per heavy atom. The van der Waals surface area contributed by atoms with Gasteiger partial charge in [-0.25, -0.2) is 0 Å². The third kappa shape index (κ3) is 1.05. The van der Waals surface area contributed by atoms with Gasteiger partial charge in [-0.15, -0.1) is 0 Å². The second-order valence-corrected chi connectivity index (χ2v) is 3.39. The zero-order valence-corrected chi connectivity index (χ0v) is 8.37. The Morgan fingerprint density at radius 3 is 3.08 bits per heavy atom. The zero-order chi connectivity index (χ0) is 8.55. The molecule has 62 valence electrons. The highest BCUT2D eigenvalue weighted by Crippen LogP contribution is 2.20. The van der Waals surface area contributed by atoms with Crippen molar-refractivity contribution in [2.45, 2.75) is 13.3 Å². The first-order valence-corrected chi connectivity index (χ1v) is 4.65. The molecule has 0 aliphatic heterocycles. The molecule has 0 N–H and O–H groups in total. The van der Waals surface area contributed by atoms with Crippen LogP contribution in [0.15, 0.2) is 24.4 Å². The van der Waals surface area contributed by atoms with Gasteiger partial charge in [-0.2, -0.15) is 8.81 Å². The molecule has 1 aromatic carbocycles. The van der Waals surface area contributed by atoms with Crippen molar-refractivity contribution < 1.29 is 0 Å². The van der Waals surface area contributed by atoms with E-state index in [-0.39, 0.29) is 0 Å². The summed E-state index contributed by atoms with van der Waals surface area (Å²) in [7, 11) is 0. The average Bonchev–Trinajstić information content (AvgIpc) is 2.48. The molecule has 0 amide bonds. The SMILES string of the molecule is CCc1cccc2cnn(Br)c12. The second kappa shape index (κ2) is 2.90. The van der Waals surface area contributed by atoms with Crippen LogP contribution in [0.4, 0.5) is 0 Å². The summed E-state index contributed by atoms with van der Waals surface area (Å²) in [5.74, 6) is 0. The predicted octanol–water partition coefficient (Wildman–Crippen LogP) is 2.76. The standard InChI is InChI=1S/C9H9BrN2/c1-2-7-4-3-5-8-6-11-12(10)9(7)8/h3-6H,2H2,1H3. The molecule has 2 aromatic rings. The van der Waals surface area contributed by atoms with Crippen LogP contribution in [-0.4, -0.2) is 8.81 Å². The van der Waals surface area contributed by atoms with E-state index in [0.29, 0.717) is 0 Å². The molecule has 0 atom stereocenters. The highest BCUT2D eigenvalue weighted by molar-refractivity contribution is 9.08. The maximum absolute atomic E-state index is 4.14. The van der Waals surface area contributed by atoms with Gasteiger partial charge in [-0.3, -0.25) is 0 Å². The molecular formula is C9H9BrN2. The van der Waals surface area contributed by atoms with Crippen LogP contribution in [0.1, 0.15) is 12.5 Å². The summed E-state index contributed by atoms with van der Waals surface area (Å²) in [6, 6.07) is 6.26. The Morgan fingerprint density at radius 1 is 1.50 bits per heavy atom. The fourth-order valence-corrected chi connectivity index (χ4v) is 1.92. The minimum absolute atomic E-state index is 1.04. The molecule has 1 heterocycles. The minimum atomic E-state index is 1.04. The number of hydrogen-bond acceptors (Lipinski definition) is 1. The lowest BCUT2D eigenvalue weighted by Crippen LogP contribution is -1.86. The highest BCUT2D eigenvalue weighted by Gasteiger charge is 2.03. The number of nitrogens with zero attached hydrogens (tertiary/aromatic N) is 2. The van der Waals surface area contributed by atoms with Gasteiger partial charge >= 0.3 is 0 Å². The van der Waals surface area contributed by atoms with Crippen LogP contribution in [-0.2, 0) is 6.42 Å². The summed E-state index contributed by atoms with van der Waals surface area (Å²) in [5.41, 5.74) is 2.50.